The second kappa shape index (κ2) is 8.09. The van der Waals surface area contributed by atoms with Crippen molar-refractivity contribution in [2.45, 2.75) is 26.3 Å². The molecule has 17 heavy (non-hydrogen) atoms. The maximum Gasteiger partial charge on any atom is 0.260 e. The largest absolute Gasteiger partial charge is 0.544 e. The van der Waals surface area contributed by atoms with Gasteiger partial charge in [-0.15, -0.1) is 0 Å². The third kappa shape index (κ3) is 5.19. The summed E-state index contributed by atoms with van der Waals surface area (Å²) in [4.78, 5) is 0. The van der Waals surface area contributed by atoms with Crippen molar-refractivity contribution < 1.29 is 9.16 Å². The Morgan fingerprint density at radius 2 is 1.94 bits per heavy atom. The third-order valence-corrected chi connectivity index (χ3v) is 4.97. The van der Waals surface area contributed by atoms with Crippen molar-refractivity contribution in [2.24, 2.45) is 0 Å². The van der Waals surface area contributed by atoms with Crippen LogP contribution in [-0.2, 0) is 4.74 Å². The van der Waals surface area contributed by atoms with Gasteiger partial charge in [0.1, 0.15) is 5.75 Å². The van der Waals surface area contributed by atoms with Gasteiger partial charge in [-0.25, -0.2) is 0 Å². The van der Waals surface area contributed by atoms with E-state index in [0.29, 0.717) is 0 Å². The molecule has 0 radical (unpaired) electrons. The maximum absolute atomic E-state index is 6.04. The summed E-state index contributed by atoms with van der Waals surface area (Å²) in [5, 5.41) is 0. The van der Waals surface area contributed by atoms with E-state index >= 15 is 0 Å². The molecule has 0 N–H and O–H groups in total. The van der Waals surface area contributed by atoms with Gasteiger partial charge in [0.2, 0.25) is 0 Å². The van der Waals surface area contributed by atoms with Gasteiger partial charge < -0.3 is 9.16 Å². The zero-order chi connectivity index (χ0) is 12.5. The van der Waals surface area contributed by atoms with E-state index in [-0.39, 0.29) is 0 Å². The first kappa shape index (κ1) is 14.0. The molecule has 0 aliphatic carbocycles. The van der Waals surface area contributed by atoms with Gasteiger partial charge in [0, 0.05) is 6.61 Å². The van der Waals surface area contributed by atoms with Crippen molar-refractivity contribution >= 4 is 15.1 Å². The molecule has 0 fully saturated rings. The molecule has 3 heteroatoms. The third-order valence-electron chi connectivity index (χ3n) is 2.54. The molecule has 0 aliphatic heterocycles. The first-order chi connectivity index (χ1) is 8.30. The standard InChI is InChI=1S/C14H22O2Si/c1-4-11-17(12-15-6-3)16-14-9-7-13(5-2)8-10-14/h5,7-10,17H,2,4,6,11-12H2,1,3H3. The Hall–Kier alpha value is -1.06. The lowest BCUT2D eigenvalue weighted by atomic mass is 10.2. The van der Waals surface area contributed by atoms with Crippen LogP contribution in [-0.4, -0.2) is 21.9 Å². The van der Waals surface area contributed by atoms with Crippen LogP contribution in [0.2, 0.25) is 6.04 Å². The average Bonchev–Trinajstić information content (AvgIpc) is 2.37. The molecule has 0 saturated carbocycles. The molecule has 94 valence electrons. The minimum atomic E-state index is -1.25. The van der Waals surface area contributed by atoms with Crippen molar-refractivity contribution in [3.05, 3.63) is 36.4 Å². The van der Waals surface area contributed by atoms with Crippen molar-refractivity contribution in [1.82, 2.24) is 0 Å². The molecule has 0 bridgehead atoms. The summed E-state index contributed by atoms with van der Waals surface area (Å²) >= 11 is 0. The zero-order valence-electron chi connectivity index (χ0n) is 10.8. The highest BCUT2D eigenvalue weighted by Crippen LogP contribution is 2.15. The topological polar surface area (TPSA) is 18.5 Å². The average molecular weight is 250 g/mol. The smallest absolute Gasteiger partial charge is 0.260 e. The molecular formula is C14H22O2Si. The summed E-state index contributed by atoms with van der Waals surface area (Å²) in [5.74, 6) is 0.959. The highest BCUT2D eigenvalue weighted by Gasteiger charge is 2.12. The number of rotatable bonds is 8. The Balaban J connectivity index is 2.54. The highest BCUT2D eigenvalue weighted by molar-refractivity contribution is 6.52. The first-order valence-electron chi connectivity index (χ1n) is 6.27. The predicted octanol–water partition coefficient (Wildman–Crippen LogP) is 3.42. The molecule has 0 aromatic heterocycles. The fourth-order valence-electron chi connectivity index (χ4n) is 1.62. The van der Waals surface area contributed by atoms with Gasteiger partial charge in [0.05, 0.1) is 6.23 Å². The molecule has 1 aromatic carbocycles. The van der Waals surface area contributed by atoms with Crippen LogP contribution in [0.25, 0.3) is 6.08 Å². The quantitative estimate of drug-likeness (QED) is 0.658. The minimum absolute atomic E-state index is 0.770. The van der Waals surface area contributed by atoms with Crippen LogP contribution in [0.4, 0.5) is 0 Å². The Kier molecular flexibility index (Phi) is 6.66. The summed E-state index contributed by atoms with van der Waals surface area (Å²) < 4.78 is 11.5. The lowest BCUT2D eigenvalue weighted by molar-refractivity contribution is 0.182. The van der Waals surface area contributed by atoms with Crippen LogP contribution in [0.3, 0.4) is 0 Å². The van der Waals surface area contributed by atoms with Crippen molar-refractivity contribution in [2.75, 3.05) is 12.8 Å². The molecule has 0 amide bonds. The molecule has 0 heterocycles. The van der Waals surface area contributed by atoms with E-state index in [4.69, 9.17) is 9.16 Å². The van der Waals surface area contributed by atoms with Crippen LogP contribution >= 0.6 is 0 Å². The fraction of sp³-hybridized carbons (Fsp3) is 0.429. The van der Waals surface area contributed by atoms with E-state index in [9.17, 15) is 0 Å². The highest BCUT2D eigenvalue weighted by atomic mass is 28.3. The first-order valence-corrected chi connectivity index (χ1v) is 8.37. The van der Waals surface area contributed by atoms with E-state index in [1.54, 1.807) is 0 Å². The van der Waals surface area contributed by atoms with Gasteiger partial charge >= 0.3 is 0 Å². The van der Waals surface area contributed by atoms with E-state index in [1.165, 1.54) is 0 Å². The van der Waals surface area contributed by atoms with Crippen molar-refractivity contribution in [1.29, 1.82) is 0 Å². The molecule has 2 nitrogen and oxygen atoms in total. The van der Waals surface area contributed by atoms with E-state index < -0.39 is 9.04 Å². The van der Waals surface area contributed by atoms with Crippen molar-refractivity contribution in [3.63, 3.8) is 0 Å². The van der Waals surface area contributed by atoms with Gasteiger partial charge in [-0.3, -0.25) is 0 Å². The molecule has 1 atom stereocenters. The SMILES string of the molecule is C=Cc1ccc(O[SiH](CCC)COCC)cc1. The van der Waals surface area contributed by atoms with E-state index in [2.05, 4.69) is 13.5 Å². The van der Waals surface area contributed by atoms with Crippen LogP contribution < -0.4 is 4.43 Å². The van der Waals surface area contributed by atoms with Crippen LogP contribution in [0.15, 0.2) is 30.8 Å². The van der Waals surface area contributed by atoms with Gasteiger partial charge in [0.15, 0.2) is 0 Å². The summed E-state index contributed by atoms with van der Waals surface area (Å²) in [5.41, 5.74) is 1.12. The van der Waals surface area contributed by atoms with Gasteiger partial charge in [0.25, 0.3) is 9.04 Å². The molecule has 0 spiro atoms. The molecule has 1 aromatic rings. The minimum Gasteiger partial charge on any atom is -0.544 e. The molecule has 0 aliphatic rings. The normalized spacial score (nSPS) is 12.1. The number of ether oxygens (including phenoxy) is 1. The van der Waals surface area contributed by atoms with Crippen LogP contribution in [0.5, 0.6) is 5.75 Å². The lowest BCUT2D eigenvalue weighted by Gasteiger charge is -2.17. The monoisotopic (exact) mass is 250 g/mol. The van der Waals surface area contributed by atoms with Crippen LogP contribution in [0.1, 0.15) is 25.8 Å². The summed E-state index contributed by atoms with van der Waals surface area (Å²) in [6.45, 7) is 8.72. The fourth-order valence-corrected chi connectivity index (χ4v) is 3.66. The van der Waals surface area contributed by atoms with E-state index in [0.717, 1.165) is 36.6 Å². The van der Waals surface area contributed by atoms with Crippen molar-refractivity contribution in [3.8, 4) is 5.75 Å². The van der Waals surface area contributed by atoms with E-state index in [1.807, 2.05) is 37.3 Å². The summed E-state index contributed by atoms with van der Waals surface area (Å²) in [6, 6.07) is 9.24. The van der Waals surface area contributed by atoms with Gasteiger partial charge in [-0.1, -0.05) is 38.1 Å². The molecule has 1 unspecified atom stereocenters. The molecule has 0 saturated heterocycles. The predicted molar refractivity (Wildman–Crippen MR) is 75.9 cm³/mol. The summed E-state index contributed by atoms with van der Waals surface area (Å²) in [7, 11) is -1.25. The number of benzene rings is 1. The summed E-state index contributed by atoms with van der Waals surface area (Å²) in [6.07, 6.45) is 3.80. The molecular weight excluding hydrogens is 228 g/mol. The Labute approximate surface area is 106 Å². The number of hydrogen-bond acceptors (Lipinski definition) is 2. The zero-order valence-corrected chi connectivity index (χ0v) is 12.0. The second-order valence-corrected chi connectivity index (χ2v) is 6.35. The lowest BCUT2D eigenvalue weighted by Crippen LogP contribution is -2.28. The van der Waals surface area contributed by atoms with Gasteiger partial charge in [-0.2, -0.15) is 0 Å². The second-order valence-electron chi connectivity index (χ2n) is 3.96. The Morgan fingerprint density at radius 1 is 1.24 bits per heavy atom. The maximum atomic E-state index is 6.04. The Morgan fingerprint density at radius 3 is 2.47 bits per heavy atom. The number of hydrogen-bond donors (Lipinski definition) is 0. The van der Waals surface area contributed by atoms with Crippen LogP contribution in [0, 0.1) is 0 Å². The Bertz CT molecular complexity index is 321. The van der Waals surface area contributed by atoms with Gasteiger partial charge in [-0.05, 0) is 30.7 Å². The molecule has 1 rings (SSSR count).